The van der Waals surface area contributed by atoms with Crippen LogP contribution in [-0.4, -0.2) is 11.4 Å². The molecule has 0 aliphatic rings. The number of rotatable bonds is 4. The van der Waals surface area contributed by atoms with Gasteiger partial charge in [-0.25, -0.2) is 0 Å². The Hall–Kier alpha value is -1.35. The van der Waals surface area contributed by atoms with E-state index in [0.717, 1.165) is 5.56 Å². The van der Waals surface area contributed by atoms with E-state index in [0.29, 0.717) is 12.8 Å². The molecule has 1 aromatic carbocycles. The van der Waals surface area contributed by atoms with Crippen LogP contribution in [0.1, 0.15) is 5.56 Å². The first-order valence-electron chi connectivity index (χ1n) is 3.61. The van der Waals surface area contributed by atoms with Crippen LogP contribution in [0.4, 0.5) is 0 Å². The Bertz CT molecular complexity index is 243. The van der Waals surface area contributed by atoms with Crippen molar-refractivity contribution in [2.24, 2.45) is 0 Å². The lowest BCUT2D eigenvalue weighted by atomic mass is 10.2. The van der Waals surface area contributed by atoms with E-state index in [-0.39, 0.29) is 5.75 Å². The molecular formula is C9H10NO2. The highest BCUT2D eigenvalue weighted by Gasteiger charge is 1.91. The lowest BCUT2D eigenvalue weighted by Crippen LogP contribution is -2.09. The second kappa shape index (κ2) is 4.51. The van der Waals surface area contributed by atoms with Crippen molar-refractivity contribution in [2.45, 2.75) is 6.54 Å². The van der Waals surface area contributed by atoms with Gasteiger partial charge in [0.1, 0.15) is 12.0 Å². The standard InChI is InChI=1S/C9H10NO2/c11-6-5-10-7-8-1-3-9(12)4-2-8/h1-6,10,12H,7H2. The maximum absolute atomic E-state index is 9.89. The van der Waals surface area contributed by atoms with Gasteiger partial charge in [-0.15, -0.1) is 0 Å². The predicted molar refractivity (Wildman–Crippen MR) is 45.3 cm³/mol. The number of nitrogens with one attached hydrogen (secondary N) is 1. The number of benzene rings is 1. The zero-order valence-electron chi connectivity index (χ0n) is 6.53. The molecule has 1 radical (unpaired) electrons. The summed E-state index contributed by atoms with van der Waals surface area (Å²) in [7, 11) is 0. The highest BCUT2D eigenvalue weighted by Crippen LogP contribution is 2.08. The summed E-state index contributed by atoms with van der Waals surface area (Å²) < 4.78 is 0. The lowest BCUT2D eigenvalue weighted by Gasteiger charge is -2.00. The number of carbonyl (C=O) groups excluding carboxylic acids is 1. The first-order chi connectivity index (χ1) is 5.83. The third-order valence-electron chi connectivity index (χ3n) is 1.43. The number of carbonyl (C=O) groups is 1. The Balaban J connectivity index is 2.42. The van der Waals surface area contributed by atoms with Crippen molar-refractivity contribution in [3.8, 4) is 5.75 Å². The zero-order chi connectivity index (χ0) is 8.81. The monoisotopic (exact) mass is 164 g/mol. The predicted octanol–water partition coefficient (Wildman–Crippen LogP) is 0.842. The van der Waals surface area contributed by atoms with Gasteiger partial charge in [-0.1, -0.05) is 12.1 Å². The number of hydrogen-bond donors (Lipinski definition) is 2. The van der Waals surface area contributed by atoms with E-state index < -0.39 is 0 Å². The van der Waals surface area contributed by atoms with E-state index in [1.807, 2.05) is 0 Å². The molecule has 3 heteroatoms. The summed E-state index contributed by atoms with van der Waals surface area (Å²) in [6.07, 6.45) is 0.695. The maximum atomic E-state index is 9.89. The van der Waals surface area contributed by atoms with Gasteiger partial charge in [0.05, 0.1) is 6.54 Å². The molecule has 12 heavy (non-hydrogen) atoms. The molecule has 0 aliphatic carbocycles. The van der Waals surface area contributed by atoms with Gasteiger partial charge in [0.25, 0.3) is 0 Å². The maximum Gasteiger partial charge on any atom is 0.138 e. The summed E-state index contributed by atoms with van der Waals surface area (Å²) in [6.45, 7) is 1.94. The Morgan fingerprint density at radius 3 is 2.58 bits per heavy atom. The van der Waals surface area contributed by atoms with Crippen LogP contribution in [0.25, 0.3) is 0 Å². The first-order valence-corrected chi connectivity index (χ1v) is 3.61. The summed E-state index contributed by atoms with van der Waals surface area (Å²) in [4.78, 5) is 9.89. The van der Waals surface area contributed by atoms with Crippen molar-refractivity contribution >= 4 is 6.29 Å². The molecule has 0 unspecified atom stereocenters. The molecule has 0 aromatic heterocycles. The third-order valence-corrected chi connectivity index (χ3v) is 1.43. The Morgan fingerprint density at radius 2 is 2.00 bits per heavy atom. The quantitative estimate of drug-likeness (QED) is 0.512. The number of aromatic hydroxyl groups is 1. The summed E-state index contributed by atoms with van der Waals surface area (Å²) in [6, 6.07) is 6.80. The highest BCUT2D eigenvalue weighted by atomic mass is 16.3. The number of aldehydes is 1. The fourth-order valence-electron chi connectivity index (χ4n) is 0.839. The van der Waals surface area contributed by atoms with Crippen molar-refractivity contribution in [2.75, 3.05) is 0 Å². The second-order valence-electron chi connectivity index (χ2n) is 2.35. The third kappa shape index (κ3) is 2.72. The minimum absolute atomic E-state index is 0.248. The van der Waals surface area contributed by atoms with Gasteiger partial charge in [0.2, 0.25) is 0 Å². The van der Waals surface area contributed by atoms with Gasteiger partial charge in [-0.3, -0.25) is 0 Å². The Kier molecular flexibility index (Phi) is 3.29. The fraction of sp³-hybridized carbons (Fsp3) is 0.111. The molecule has 63 valence electrons. The molecule has 1 rings (SSSR count). The van der Waals surface area contributed by atoms with Crippen LogP contribution in [0, 0.1) is 6.54 Å². The average molecular weight is 164 g/mol. The van der Waals surface area contributed by atoms with Crippen LogP contribution in [0.5, 0.6) is 5.75 Å². The largest absolute Gasteiger partial charge is 0.508 e. The van der Waals surface area contributed by atoms with Crippen LogP contribution < -0.4 is 5.32 Å². The first kappa shape index (κ1) is 8.74. The Labute approximate surface area is 71.0 Å². The minimum atomic E-state index is 0.248. The molecule has 0 saturated carbocycles. The van der Waals surface area contributed by atoms with Gasteiger partial charge in [-0.05, 0) is 17.7 Å². The number of phenols is 1. The summed E-state index contributed by atoms with van der Waals surface area (Å²) in [5, 5.41) is 11.7. The van der Waals surface area contributed by atoms with Crippen molar-refractivity contribution < 1.29 is 9.90 Å². The van der Waals surface area contributed by atoms with Crippen molar-refractivity contribution in [3.05, 3.63) is 36.4 Å². The molecule has 3 nitrogen and oxygen atoms in total. The topological polar surface area (TPSA) is 49.3 Å². The normalized spacial score (nSPS) is 9.67. The second-order valence-corrected chi connectivity index (χ2v) is 2.35. The van der Waals surface area contributed by atoms with Crippen LogP contribution in [-0.2, 0) is 11.3 Å². The van der Waals surface area contributed by atoms with E-state index in [4.69, 9.17) is 5.11 Å². The summed E-state index contributed by atoms with van der Waals surface area (Å²) in [5.41, 5.74) is 1.02. The van der Waals surface area contributed by atoms with Crippen LogP contribution in [0.2, 0.25) is 0 Å². The molecule has 0 aliphatic heterocycles. The van der Waals surface area contributed by atoms with Crippen molar-refractivity contribution in [1.82, 2.24) is 5.32 Å². The van der Waals surface area contributed by atoms with Gasteiger partial charge in [-0.2, -0.15) is 0 Å². The smallest absolute Gasteiger partial charge is 0.138 e. The van der Waals surface area contributed by atoms with Gasteiger partial charge in [0, 0.05) is 6.54 Å². The summed E-state index contributed by atoms with van der Waals surface area (Å²) >= 11 is 0. The zero-order valence-corrected chi connectivity index (χ0v) is 6.53. The van der Waals surface area contributed by atoms with E-state index in [1.54, 1.807) is 24.3 Å². The average Bonchev–Trinajstić information content (AvgIpc) is 2.09. The van der Waals surface area contributed by atoms with Crippen molar-refractivity contribution in [1.29, 1.82) is 0 Å². The molecule has 0 fully saturated rings. The minimum Gasteiger partial charge on any atom is -0.508 e. The number of hydrogen-bond acceptors (Lipinski definition) is 3. The SMILES string of the molecule is O=C[CH]NCc1ccc(O)cc1. The van der Waals surface area contributed by atoms with Gasteiger partial charge in [0.15, 0.2) is 0 Å². The molecule has 1 aromatic rings. The molecule has 0 spiro atoms. The molecule has 2 N–H and O–H groups in total. The van der Waals surface area contributed by atoms with E-state index in [2.05, 4.69) is 5.32 Å². The Morgan fingerprint density at radius 1 is 1.33 bits per heavy atom. The highest BCUT2D eigenvalue weighted by molar-refractivity contribution is 5.59. The molecular weight excluding hydrogens is 154 g/mol. The molecule has 0 amide bonds. The molecule has 0 saturated heterocycles. The fourth-order valence-corrected chi connectivity index (χ4v) is 0.839. The molecule has 0 bridgehead atoms. The molecule has 0 atom stereocenters. The van der Waals surface area contributed by atoms with Crippen LogP contribution in [0.3, 0.4) is 0 Å². The van der Waals surface area contributed by atoms with Gasteiger partial charge >= 0.3 is 0 Å². The van der Waals surface area contributed by atoms with E-state index in [1.165, 1.54) is 6.54 Å². The van der Waals surface area contributed by atoms with Gasteiger partial charge < -0.3 is 15.2 Å². The number of phenolic OH excluding ortho intramolecular Hbond substituents is 1. The van der Waals surface area contributed by atoms with Crippen LogP contribution >= 0.6 is 0 Å². The lowest BCUT2D eigenvalue weighted by molar-refractivity contribution is -0.105. The van der Waals surface area contributed by atoms with E-state index >= 15 is 0 Å². The van der Waals surface area contributed by atoms with Crippen molar-refractivity contribution in [3.63, 3.8) is 0 Å². The van der Waals surface area contributed by atoms with Crippen LogP contribution in [0.15, 0.2) is 24.3 Å². The summed E-state index contributed by atoms with van der Waals surface area (Å²) in [5.74, 6) is 0.248. The van der Waals surface area contributed by atoms with E-state index in [9.17, 15) is 4.79 Å². The molecule has 0 heterocycles.